The maximum atomic E-state index is 9.61. The molecule has 0 amide bonds. The van der Waals surface area contributed by atoms with Crippen LogP contribution >= 0.6 is 0 Å². The molecule has 3 heterocycles. The molecule has 0 saturated carbocycles. The van der Waals surface area contributed by atoms with Crippen LogP contribution in [0.3, 0.4) is 0 Å². The standard InChI is InChI=1S/C21H14N4O3/c1-26-16-4-2-3-13(7-16)19-21-20(24-11-23-19)14(9-22)10-25(21)15-5-6-17-18(8-15)28-12-27-17/h2-8,10-11H,12H2,1H3. The second kappa shape index (κ2) is 6.28. The van der Waals surface area contributed by atoms with E-state index in [0.717, 1.165) is 22.5 Å². The van der Waals surface area contributed by atoms with Crippen LogP contribution in [0.25, 0.3) is 28.0 Å². The molecule has 0 atom stereocenters. The third-order valence-electron chi connectivity index (χ3n) is 4.67. The molecule has 0 radical (unpaired) electrons. The lowest BCUT2D eigenvalue weighted by Crippen LogP contribution is -1.97. The van der Waals surface area contributed by atoms with E-state index in [4.69, 9.17) is 14.2 Å². The molecule has 0 spiro atoms. The summed E-state index contributed by atoms with van der Waals surface area (Å²) >= 11 is 0. The van der Waals surface area contributed by atoms with Gasteiger partial charge in [-0.05, 0) is 24.3 Å². The van der Waals surface area contributed by atoms with Crippen molar-refractivity contribution in [3.8, 4) is 40.3 Å². The molecule has 7 nitrogen and oxygen atoms in total. The van der Waals surface area contributed by atoms with E-state index in [1.807, 2.05) is 47.0 Å². The van der Waals surface area contributed by atoms with Crippen LogP contribution in [0.5, 0.6) is 17.2 Å². The third kappa shape index (κ3) is 2.43. The topological polar surface area (TPSA) is 82.2 Å². The summed E-state index contributed by atoms with van der Waals surface area (Å²) in [5, 5.41) is 9.61. The summed E-state index contributed by atoms with van der Waals surface area (Å²) in [4.78, 5) is 8.86. The van der Waals surface area contributed by atoms with Crippen molar-refractivity contribution in [2.75, 3.05) is 13.9 Å². The lowest BCUT2D eigenvalue weighted by Gasteiger charge is -2.10. The minimum Gasteiger partial charge on any atom is -0.497 e. The van der Waals surface area contributed by atoms with Gasteiger partial charge < -0.3 is 18.8 Å². The molecule has 2 aromatic carbocycles. The Kier molecular flexibility index (Phi) is 3.62. The first kappa shape index (κ1) is 16.1. The highest BCUT2D eigenvalue weighted by Gasteiger charge is 2.20. The summed E-state index contributed by atoms with van der Waals surface area (Å²) in [7, 11) is 1.62. The van der Waals surface area contributed by atoms with E-state index in [1.54, 1.807) is 13.3 Å². The average Bonchev–Trinajstić information content (AvgIpc) is 3.37. The molecule has 0 N–H and O–H groups in total. The molecule has 1 aliphatic heterocycles. The molecule has 5 rings (SSSR count). The van der Waals surface area contributed by atoms with Gasteiger partial charge in [0.15, 0.2) is 11.5 Å². The minimum atomic E-state index is 0.201. The van der Waals surface area contributed by atoms with Gasteiger partial charge in [-0.2, -0.15) is 5.26 Å². The maximum absolute atomic E-state index is 9.61. The fourth-order valence-electron chi connectivity index (χ4n) is 3.36. The van der Waals surface area contributed by atoms with E-state index in [-0.39, 0.29) is 6.79 Å². The van der Waals surface area contributed by atoms with Crippen molar-refractivity contribution in [2.45, 2.75) is 0 Å². The van der Waals surface area contributed by atoms with Crippen LogP contribution in [-0.2, 0) is 0 Å². The summed E-state index contributed by atoms with van der Waals surface area (Å²) in [5.41, 5.74) is 4.22. The SMILES string of the molecule is COc1cccc(-c2ncnc3c(C#N)cn(-c4ccc5c(c4)OCO5)c23)c1. The van der Waals surface area contributed by atoms with Crippen LogP contribution in [0.2, 0.25) is 0 Å². The van der Waals surface area contributed by atoms with Gasteiger partial charge in [-0.25, -0.2) is 9.97 Å². The van der Waals surface area contributed by atoms with Crippen molar-refractivity contribution in [3.63, 3.8) is 0 Å². The minimum absolute atomic E-state index is 0.201. The molecule has 28 heavy (non-hydrogen) atoms. The van der Waals surface area contributed by atoms with E-state index in [9.17, 15) is 5.26 Å². The number of hydrogen-bond acceptors (Lipinski definition) is 6. The Balaban J connectivity index is 1.79. The van der Waals surface area contributed by atoms with E-state index < -0.39 is 0 Å². The molecule has 1 aliphatic rings. The quantitative estimate of drug-likeness (QED) is 0.547. The molecule has 0 saturated heterocycles. The number of aromatic nitrogens is 3. The number of methoxy groups -OCH3 is 1. The molecule has 2 aromatic heterocycles. The van der Waals surface area contributed by atoms with Crippen LogP contribution in [0.1, 0.15) is 5.56 Å². The van der Waals surface area contributed by atoms with Crippen molar-refractivity contribution < 1.29 is 14.2 Å². The van der Waals surface area contributed by atoms with Gasteiger partial charge in [0.2, 0.25) is 6.79 Å². The van der Waals surface area contributed by atoms with Gasteiger partial charge in [0, 0.05) is 23.5 Å². The Hall–Kier alpha value is -4.05. The Labute approximate surface area is 160 Å². The first-order chi connectivity index (χ1) is 13.8. The van der Waals surface area contributed by atoms with Crippen molar-refractivity contribution in [1.82, 2.24) is 14.5 Å². The third-order valence-corrected chi connectivity index (χ3v) is 4.67. The highest BCUT2D eigenvalue weighted by Crippen LogP contribution is 2.37. The maximum Gasteiger partial charge on any atom is 0.231 e. The number of rotatable bonds is 3. The Morgan fingerprint density at radius 2 is 2.00 bits per heavy atom. The largest absolute Gasteiger partial charge is 0.497 e. The number of ether oxygens (including phenoxy) is 3. The Morgan fingerprint density at radius 1 is 1.11 bits per heavy atom. The number of nitriles is 1. The van der Waals surface area contributed by atoms with E-state index >= 15 is 0 Å². The summed E-state index contributed by atoms with van der Waals surface area (Å²) < 4.78 is 18.2. The van der Waals surface area contributed by atoms with Crippen LogP contribution in [0.4, 0.5) is 0 Å². The van der Waals surface area contributed by atoms with Crippen molar-refractivity contribution in [2.24, 2.45) is 0 Å². The lowest BCUT2D eigenvalue weighted by atomic mass is 10.1. The normalized spacial score (nSPS) is 12.1. The fraction of sp³-hybridized carbons (Fsp3) is 0.0952. The summed E-state index contributed by atoms with van der Waals surface area (Å²) in [6.45, 7) is 0.201. The van der Waals surface area contributed by atoms with Crippen molar-refractivity contribution in [3.05, 3.63) is 60.6 Å². The summed E-state index contributed by atoms with van der Waals surface area (Å²) in [6.07, 6.45) is 3.24. The predicted molar refractivity (Wildman–Crippen MR) is 102 cm³/mol. The Bertz CT molecular complexity index is 1260. The van der Waals surface area contributed by atoms with Crippen molar-refractivity contribution >= 4 is 11.0 Å². The molecular weight excluding hydrogens is 356 g/mol. The molecule has 0 fully saturated rings. The summed E-state index contributed by atoms with van der Waals surface area (Å²) in [5.74, 6) is 2.09. The number of nitrogens with zero attached hydrogens (tertiary/aromatic N) is 4. The van der Waals surface area contributed by atoms with Gasteiger partial charge in [0.05, 0.1) is 23.9 Å². The number of fused-ring (bicyclic) bond motifs is 2. The molecule has 0 aliphatic carbocycles. The number of hydrogen-bond donors (Lipinski definition) is 0. The second-order valence-corrected chi connectivity index (χ2v) is 6.21. The van der Waals surface area contributed by atoms with E-state index in [2.05, 4.69) is 16.0 Å². The highest BCUT2D eigenvalue weighted by molar-refractivity contribution is 5.94. The zero-order valence-electron chi connectivity index (χ0n) is 14.9. The highest BCUT2D eigenvalue weighted by atomic mass is 16.7. The average molecular weight is 370 g/mol. The lowest BCUT2D eigenvalue weighted by molar-refractivity contribution is 0.174. The van der Waals surface area contributed by atoms with E-state index in [1.165, 1.54) is 6.33 Å². The fourth-order valence-corrected chi connectivity index (χ4v) is 3.36. The molecule has 136 valence electrons. The predicted octanol–water partition coefficient (Wildman–Crippen LogP) is 3.70. The van der Waals surface area contributed by atoms with Crippen LogP contribution in [0.15, 0.2) is 55.0 Å². The van der Waals surface area contributed by atoms with E-state index in [0.29, 0.717) is 28.3 Å². The summed E-state index contributed by atoms with van der Waals surface area (Å²) in [6, 6.07) is 15.5. The molecular formula is C21H14N4O3. The van der Waals surface area contributed by atoms with Gasteiger partial charge in [-0.15, -0.1) is 0 Å². The monoisotopic (exact) mass is 370 g/mol. The van der Waals surface area contributed by atoms with Crippen LogP contribution in [-0.4, -0.2) is 28.4 Å². The van der Waals surface area contributed by atoms with Gasteiger partial charge >= 0.3 is 0 Å². The van der Waals surface area contributed by atoms with Gasteiger partial charge in [-0.3, -0.25) is 0 Å². The molecule has 0 bridgehead atoms. The van der Waals surface area contributed by atoms with Crippen LogP contribution in [0, 0.1) is 11.3 Å². The molecule has 4 aromatic rings. The first-order valence-electron chi connectivity index (χ1n) is 8.59. The zero-order valence-corrected chi connectivity index (χ0v) is 14.9. The number of benzene rings is 2. The van der Waals surface area contributed by atoms with Gasteiger partial charge in [0.1, 0.15) is 23.7 Å². The van der Waals surface area contributed by atoms with Gasteiger partial charge in [-0.1, -0.05) is 12.1 Å². The second-order valence-electron chi connectivity index (χ2n) is 6.21. The zero-order chi connectivity index (χ0) is 19.1. The molecule has 0 unspecified atom stereocenters. The van der Waals surface area contributed by atoms with Gasteiger partial charge in [0.25, 0.3) is 0 Å². The first-order valence-corrected chi connectivity index (χ1v) is 8.59. The molecule has 7 heteroatoms. The Morgan fingerprint density at radius 3 is 2.86 bits per heavy atom. The smallest absolute Gasteiger partial charge is 0.231 e. The van der Waals surface area contributed by atoms with Crippen LogP contribution < -0.4 is 14.2 Å². The van der Waals surface area contributed by atoms with Crippen molar-refractivity contribution in [1.29, 1.82) is 5.26 Å².